The lowest BCUT2D eigenvalue weighted by molar-refractivity contribution is 0.196. The lowest BCUT2D eigenvalue weighted by Crippen LogP contribution is -2.16. The predicted octanol–water partition coefficient (Wildman–Crippen LogP) is 2.96. The van der Waals surface area contributed by atoms with Gasteiger partial charge in [0.2, 0.25) is 0 Å². The molecule has 1 aromatic rings. The first-order valence-corrected chi connectivity index (χ1v) is 6.72. The molecular formula is C13H20O2S. The van der Waals surface area contributed by atoms with Crippen LogP contribution in [0.4, 0.5) is 0 Å². The molecule has 1 aromatic carbocycles. The van der Waals surface area contributed by atoms with E-state index in [0.29, 0.717) is 5.25 Å². The molecule has 2 atom stereocenters. The molecule has 0 radical (unpaired) electrons. The first-order chi connectivity index (χ1) is 7.70. The van der Waals surface area contributed by atoms with E-state index in [1.165, 1.54) is 0 Å². The highest BCUT2D eigenvalue weighted by atomic mass is 32.2. The zero-order valence-electron chi connectivity index (χ0n) is 9.93. The van der Waals surface area contributed by atoms with E-state index in [2.05, 4.69) is 0 Å². The van der Waals surface area contributed by atoms with Gasteiger partial charge < -0.3 is 9.84 Å². The van der Waals surface area contributed by atoms with Gasteiger partial charge in [-0.2, -0.15) is 11.8 Å². The van der Waals surface area contributed by atoms with Crippen LogP contribution < -0.4 is 4.74 Å². The van der Waals surface area contributed by atoms with Crippen molar-refractivity contribution in [3.8, 4) is 5.75 Å². The molecule has 1 rings (SSSR count). The average Bonchev–Trinajstić information content (AvgIpc) is 2.29. The van der Waals surface area contributed by atoms with E-state index in [1.54, 1.807) is 11.8 Å². The summed E-state index contributed by atoms with van der Waals surface area (Å²) in [5.74, 6) is 1.95. The summed E-state index contributed by atoms with van der Waals surface area (Å²) in [4.78, 5) is 0. The van der Waals surface area contributed by atoms with Crippen molar-refractivity contribution in [3.05, 3.63) is 30.3 Å². The van der Waals surface area contributed by atoms with Gasteiger partial charge in [0.1, 0.15) is 5.75 Å². The molecular weight excluding hydrogens is 220 g/mol. The van der Waals surface area contributed by atoms with E-state index in [9.17, 15) is 5.11 Å². The van der Waals surface area contributed by atoms with Crippen LogP contribution in [0, 0.1) is 0 Å². The summed E-state index contributed by atoms with van der Waals surface area (Å²) < 4.78 is 5.57. The fourth-order valence-electron chi connectivity index (χ4n) is 1.17. The van der Waals surface area contributed by atoms with Crippen LogP contribution >= 0.6 is 11.8 Å². The van der Waals surface area contributed by atoms with Crippen molar-refractivity contribution in [1.29, 1.82) is 0 Å². The van der Waals surface area contributed by atoms with Gasteiger partial charge in [0.25, 0.3) is 0 Å². The van der Waals surface area contributed by atoms with E-state index in [4.69, 9.17) is 4.74 Å². The van der Waals surface area contributed by atoms with Crippen molar-refractivity contribution in [2.45, 2.75) is 31.6 Å². The third kappa shape index (κ3) is 5.42. The highest BCUT2D eigenvalue weighted by Crippen LogP contribution is 2.15. The van der Waals surface area contributed by atoms with Crippen molar-refractivity contribution >= 4 is 11.8 Å². The second-order valence-corrected chi connectivity index (χ2v) is 5.32. The molecule has 0 amide bonds. The van der Waals surface area contributed by atoms with E-state index in [1.807, 2.05) is 44.2 Å². The van der Waals surface area contributed by atoms with Crippen LogP contribution in [0.5, 0.6) is 5.75 Å². The standard InChI is InChI=1S/C13H20O2S/c1-11(14)12(2)16-10-6-9-15-13-7-4-3-5-8-13/h3-5,7-8,11-12,14H,6,9-10H2,1-2H3. The number of hydrogen-bond acceptors (Lipinski definition) is 3. The van der Waals surface area contributed by atoms with Crippen molar-refractivity contribution < 1.29 is 9.84 Å². The van der Waals surface area contributed by atoms with Gasteiger partial charge in [0.15, 0.2) is 0 Å². The predicted molar refractivity (Wildman–Crippen MR) is 70.2 cm³/mol. The van der Waals surface area contributed by atoms with Crippen LogP contribution in [-0.2, 0) is 0 Å². The molecule has 0 aliphatic heterocycles. The molecule has 2 unspecified atom stereocenters. The first kappa shape index (κ1) is 13.4. The number of ether oxygens (including phenoxy) is 1. The Hall–Kier alpha value is -0.670. The number of thioether (sulfide) groups is 1. The highest BCUT2D eigenvalue weighted by Gasteiger charge is 2.07. The third-order valence-corrected chi connectivity index (χ3v) is 3.80. The van der Waals surface area contributed by atoms with Crippen LogP contribution in [0.1, 0.15) is 20.3 Å². The molecule has 16 heavy (non-hydrogen) atoms. The van der Waals surface area contributed by atoms with Crippen LogP contribution in [0.3, 0.4) is 0 Å². The van der Waals surface area contributed by atoms with Crippen molar-refractivity contribution in [2.75, 3.05) is 12.4 Å². The largest absolute Gasteiger partial charge is 0.494 e. The number of para-hydroxylation sites is 1. The van der Waals surface area contributed by atoms with Gasteiger partial charge >= 0.3 is 0 Å². The van der Waals surface area contributed by atoms with Crippen molar-refractivity contribution in [2.24, 2.45) is 0 Å². The van der Waals surface area contributed by atoms with E-state index in [0.717, 1.165) is 24.5 Å². The Balaban J connectivity index is 2.04. The Labute approximate surface area is 102 Å². The molecule has 0 fully saturated rings. The number of rotatable bonds is 7. The fourth-order valence-corrected chi connectivity index (χ4v) is 2.11. The van der Waals surface area contributed by atoms with Crippen LogP contribution in [0.25, 0.3) is 0 Å². The SMILES string of the molecule is CC(O)C(C)SCCCOc1ccccc1. The Kier molecular flexibility index (Phi) is 6.34. The Morgan fingerprint density at radius 1 is 1.25 bits per heavy atom. The second-order valence-electron chi connectivity index (χ2n) is 3.83. The lowest BCUT2D eigenvalue weighted by atomic mass is 10.3. The summed E-state index contributed by atoms with van der Waals surface area (Å²) in [6.45, 7) is 4.62. The molecule has 0 aliphatic carbocycles. The molecule has 0 spiro atoms. The summed E-state index contributed by atoms with van der Waals surface area (Å²) in [6.07, 6.45) is 0.774. The Morgan fingerprint density at radius 2 is 1.94 bits per heavy atom. The summed E-state index contributed by atoms with van der Waals surface area (Å²) in [6, 6.07) is 9.85. The maximum absolute atomic E-state index is 9.30. The molecule has 90 valence electrons. The minimum Gasteiger partial charge on any atom is -0.494 e. The van der Waals surface area contributed by atoms with Gasteiger partial charge in [0, 0.05) is 5.25 Å². The number of benzene rings is 1. The molecule has 2 nitrogen and oxygen atoms in total. The summed E-state index contributed by atoms with van der Waals surface area (Å²) in [5, 5.41) is 9.61. The number of aliphatic hydroxyl groups excluding tert-OH is 1. The average molecular weight is 240 g/mol. The van der Waals surface area contributed by atoms with Gasteiger partial charge in [-0.15, -0.1) is 0 Å². The quantitative estimate of drug-likeness (QED) is 0.743. The Bertz CT molecular complexity index is 275. The summed E-state index contributed by atoms with van der Waals surface area (Å²) in [5.41, 5.74) is 0. The number of hydrogen-bond donors (Lipinski definition) is 1. The molecule has 0 bridgehead atoms. The lowest BCUT2D eigenvalue weighted by Gasteiger charge is -2.13. The maximum atomic E-state index is 9.30. The summed E-state index contributed by atoms with van der Waals surface area (Å²) >= 11 is 1.79. The molecule has 3 heteroatoms. The normalized spacial score (nSPS) is 14.4. The zero-order valence-corrected chi connectivity index (χ0v) is 10.7. The highest BCUT2D eigenvalue weighted by molar-refractivity contribution is 7.99. The molecule has 1 N–H and O–H groups in total. The van der Waals surface area contributed by atoms with Gasteiger partial charge in [-0.25, -0.2) is 0 Å². The van der Waals surface area contributed by atoms with Crippen molar-refractivity contribution in [3.63, 3.8) is 0 Å². The fraction of sp³-hybridized carbons (Fsp3) is 0.538. The second kappa shape index (κ2) is 7.58. The molecule has 0 aromatic heterocycles. The minimum atomic E-state index is -0.236. The third-order valence-electron chi connectivity index (χ3n) is 2.36. The Morgan fingerprint density at radius 3 is 2.56 bits per heavy atom. The van der Waals surface area contributed by atoms with Crippen LogP contribution in [0.15, 0.2) is 30.3 Å². The van der Waals surface area contributed by atoms with Crippen LogP contribution in [-0.4, -0.2) is 28.8 Å². The molecule has 0 saturated heterocycles. The molecule has 0 heterocycles. The molecule has 0 saturated carbocycles. The van der Waals surface area contributed by atoms with E-state index >= 15 is 0 Å². The van der Waals surface area contributed by atoms with Crippen molar-refractivity contribution in [1.82, 2.24) is 0 Å². The monoisotopic (exact) mass is 240 g/mol. The maximum Gasteiger partial charge on any atom is 0.119 e. The van der Waals surface area contributed by atoms with Crippen LogP contribution in [0.2, 0.25) is 0 Å². The smallest absolute Gasteiger partial charge is 0.119 e. The first-order valence-electron chi connectivity index (χ1n) is 5.67. The molecule has 0 aliphatic rings. The van der Waals surface area contributed by atoms with Gasteiger partial charge in [-0.3, -0.25) is 0 Å². The zero-order chi connectivity index (χ0) is 11.8. The van der Waals surface area contributed by atoms with Gasteiger partial charge in [-0.05, 0) is 31.2 Å². The van der Waals surface area contributed by atoms with E-state index < -0.39 is 0 Å². The van der Waals surface area contributed by atoms with E-state index in [-0.39, 0.29) is 6.10 Å². The van der Waals surface area contributed by atoms with Gasteiger partial charge in [0.05, 0.1) is 12.7 Å². The topological polar surface area (TPSA) is 29.5 Å². The van der Waals surface area contributed by atoms with Gasteiger partial charge in [-0.1, -0.05) is 25.1 Å². The minimum absolute atomic E-state index is 0.236. The number of aliphatic hydroxyl groups is 1. The summed E-state index contributed by atoms with van der Waals surface area (Å²) in [7, 11) is 0.